The molecule has 3 fully saturated rings. The Morgan fingerprint density at radius 3 is 2.65 bits per heavy atom. The van der Waals surface area contributed by atoms with E-state index in [1.54, 1.807) is 7.05 Å². The second kappa shape index (κ2) is 10.4. The number of halogens is 4. The number of hydrogen-bond acceptors (Lipinski definition) is 8. The molecule has 10 nitrogen and oxygen atoms in total. The van der Waals surface area contributed by atoms with Crippen LogP contribution in [0, 0.1) is 5.41 Å². The number of carbonyl (C=O) groups is 1. The molecule has 46 heavy (non-hydrogen) atoms. The maximum Gasteiger partial charge on any atom is 0.272 e. The first-order valence-corrected chi connectivity index (χ1v) is 15.5. The lowest BCUT2D eigenvalue weighted by atomic mass is 9.69. The van der Waals surface area contributed by atoms with Crippen LogP contribution in [0.1, 0.15) is 34.5 Å². The Morgan fingerprint density at radius 1 is 1.11 bits per heavy atom. The number of nitrogens with zero attached hydrogens (tertiary/aromatic N) is 6. The number of carbonyl (C=O) groups excluding carboxylic acids is 1. The van der Waals surface area contributed by atoms with Gasteiger partial charge >= 0.3 is 0 Å². The first kappa shape index (κ1) is 29.1. The Bertz CT molecular complexity index is 1840. The number of benzene rings is 1. The summed E-state index contributed by atoms with van der Waals surface area (Å²) in [7, 11) is 1.74. The van der Waals surface area contributed by atoms with E-state index < -0.39 is 29.2 Å². The largest absolute Gasteiger partial charge is 0.385 e. The number of alkyl halides is 4. The fraction of sp³-hybridized carbons (Fsp3) is 0.438. The van der Waals surface area contributed by atoms with E-state index in [2.05, 4.69) is 30.7 Å². The van der Waals surface area contributed by atoms with Crippen molar-refractivity contribution in [3.8, 4) is 11.3 Å². The van der Waals surface area contributed by atoms with E-state index in [-0.39, 0.29) is 18.7 Å². The highest BCUT2D eigenvalue weighted by Gasteiger charge is 2.61. The third-order valence-electron chi connectivity index (χ3n) is 9.85. The SMILES string of the molecule is CNc1cc(N2CCc3c(-c4ccc(CN5CC6(CCNCC6(F)F)C5)cn4)cccc32)nn2c(C(=O)NC3CC3(F)F)cnc12. The third-order valence-corrected chi connectivity index (χ3v) is 9.85. The number of aromatic nitrogens is 4. The number of anilines is 3. The van der Waals surface area contributed by atoms with Crippen LogP contribution in [0.2, 0.25) is 0 Å². The summed E-state index contributed by atoms with van der Waals surface area (Å²) in [6, 6.07) is 10.7. The number of pyridine rings is 1. The Labute approximate surface area is 262 Å². The van der Waals surface area contributed by atoms with Crippen LogP contribution < -0.4 is 20.9 Å². The van der Waals surface area contributed by atoms with Gasteiger partial charge in [-0.2, -0.15) is 0 Å². The highest BCUT2D eigenvalue weighted by molar-refractivity contribution is 5.94. The van der Waals surface area contributed by atoms with Crippen LogP contribution in [0.15, 0.2) is 48.8 Å². The number of likely N-dealkylation sites (tertiary alicyclic amines) is 1. The van der Waals surface area contributed by atoms with Gasteiger partial charge in [-0.15, -0.1) is 5.10 Å². The molecular formula is C32H33F4N9O. The van der Waals surface area contributed by atoms with Crippen molar-refractivity contribution in [3.05, 3.63) is 65.6 Å². The Hall–Kier alpha value is -4.30. The van der Waals surface area contributed by atoms with Crippen LogP contribution in [-0.2, 0) is 13.0 Å². The topological polar surface area (TPSA) is 103 Å². The number of amides is 1. The molecule has 1 aliphatic carbocycles. The smallest absolute Gasteiger partial charge is 0.272 e. The van der Waals surface area contributed by atoms with Gasteiger partial charge in [0.1, 0.15) is 0 Å². The minimum atomic E-state index is -2.89. The summed E-state index contributed by atoms with van der Waals surface area (Å²) in [5, 5.41) is 13.0. The molecular weight excluding hydrogens is 602 g/mol. The molecule has 240 valence electrons. The van der Waals surface area contributed by atoms with E-state index in [4.69, 9.17) is 10.1 Å². The lowest BCUT2D eigenvalue weighted by molar-refractivity contribution is -0.205. The molecule has 3 aromatic heterocycles. The molecule has 3 aliphatic heterocycles. The molecule has 1 atom stereocenters. The van der Waals surface area contributed by atoms with E-state index in [1.165, 1.54) is 10.7 Å². The van der Waals surface area contributed by atoms with Crippen LogP contribution in [0.3, 0.4) is 0 Å². The van der Waals surface area contributed by atoms with Gasteiger partial charge in [0.25, 0.3) is 17.8 Å². The van der Waals surface area contributed by atoms with Crippen molar-refractivity contribution >= 4 is 28.7 Å². The standard InChI is InChI=1S/C32H33F4N9O/c1-37-23-11-27(42-45-25(14-40-28(23)45)29(46)41-26-12-31(26,33)34)44-10-7-21-20(3-2-4-24(21)44)22-6-5-19(13-39-22)15-43-17-30(18-43)8-9-38-16-32(30,35)36/h2-6,11,13-14,26,37-38H,7-10,12,15-18H2,1H3,(H,41,46). The summed E-state index contributed by atoms with van der Waals surface area (Å²) in [6.45, 7) is 2.38. The van der Waals surface area contributed by atoms with E-state index >= 15 is 0 Å². The Balaban J connectivity index is 1.02. The van der Waals surface area contributed by atoms with E-state index in [0.717, 1.165) is 34.5 Å². The van der Waals surface area contributed by atoms with Gasteiger partial charge in [-0.05, 0) is 42.6 Å². The van der Waals surface area contributed by atoms with Gasteiger partial charge in [-0.25, -0.2) is 27.1 Å². The molecule has 2 saturated heterocycles. The van der Waals surface area contributed by atoms with E-state index in [1.807, 2.05) is 42.6 Å². The fourth-order valence-electron chi connectivity index (χ4n) is 7.13. The lowest BCUT2D eigenvalue weighted by Gasteiger charge is -2.56. The summed E-state index contributed by atoms with van der Waals surface area (Å²) < 4.78 is 57.4. The van der Waals surface area contributed by atoms with E-state index in [9.17, 15) is 22.4 Å². The van der Waals surface area contributed by atoms with Gasteiger partial charge in [-0.1, -0.05) is 18.2 Å². The average molecular weight is 636 g/mol. The van der Waals surface area contributed by atoms with Crippen molar-refractivity contribution < 1.29 is 22.4 Å². The molecule has 0 radical (unpaired) electrons. The quantitative estimate of drug-likeness (QED) is 0.261. The number of imidazole rings is 1. The van der Waals surface area contributed by atoms with Crippen molar-refractivity contribution in [2.45, 2.75) is 43.7 Å². The molecule has 6 heterocycles. The van der Waals surface area contributed by atoms with Crippen LogP contribution in [-0.4, -0.2) is 88.0 Å². The molecule has 1 spiro atoms. The first-order valence-electron chi connectivity index (χ1n) is 15.5. The summed E-state index contributed by atoms with van der Waals surface area (Å²) in [6.07, 6.45) is 4.02. The fourth-order valence-corrected chi connectivity index (χ4v) is 7.13. The van der Waals surface area contributed by atoms with Crippen LogP contribution in [0.4, 0.5) is 34.8 Å². The second-order valence-corrected chi connectivity index (χ2v) is 12.8. The summed E-state index contributed by atoms with van der Waals surface area (Å²) in [5.41, 5.74) is 5.05. The maximum atomic E-state index is 14.6. The van der Waals surface area contributed by atoms with Gasteiger partial charge in [0.05, 0.1) is 35.6 Å². The number of hydrogen-bond donors (Lipinski definition) is 3. The Morgan fingerprint density at radius 2 is 1.93 bits per heavy atom. The first-order chi connectivity index (χ1) is 22.1. The normalized spacial score (nSPS) is 22.5. The average Bonchev–Trinajstić information content (AvgIpc) is 3.34. The molecule has 1 aromatic carbocycles. The minimum absolute atomic E-state index is 0.0753. The zero-order chi connectivity index (χ0) is 31.8. The number of rotatable bonds is 7. The summed E-state index contributed by atoms with van der Waals surface area (Å²) >= 11 is 0. The predicted molar refractivity (Wildman–Crippen MR) is 164 cm³/mol. The summed E-state index contributed by atoms with van der Waals surface area (Å²) in [4.78, 5) is 26.1. The molecule has 4 aromatic rings. The molecule has 1 unspecified atom stereocenters. The number of piperidine rings is 1. The molecule has 1 saturated carbocycles. The van der Waals surface area contributed by atoms with Crippen molar-refractivity contribution in [3.63, 3.8) is 0 Å². The van der Waals surface area contributed by atoms with Crippen molar-refractivity contribution in [2.75, 3.05) is 50.0 Å². The van der Waals surface area contributed by atoms with E-state index in [0.29, 0.717) is 56.3 Å². The molecule has 4 aliphatic rings. The van der Waals surface area contributed by atoms with Gasteiger partial charge in [0, 0.05) is 63.2 Å². The monoisotopic (exact) mass is 635 g/mol. The van der Waals surface area contributed by atoms with Gasteiger partial charge in [0.2, 0.25) is 0 Å². The van der Waals surface area contributed by atoms with Crippen LogP contribution in [0.5, 0.6) is 0 Å². The molecule has 0 bridgehead atoms. The number of nitrogens with one attached hydrogen (secondary N) is 3. The molecule has 8 rings (SSSR count). The van der Waals surface area contributed by atoms with Crippen molar-refractivity contribution in [2.24, 2.45) is 5.41 Å². The van der Waals surface area contributed by atoms with Gasteiger partial charge in [-0.3, -0.25) is 14.7 Å². The Kier molecular flexibility index (Phi) is 6.56. The predicted octanol–water partition coefficient (Wildman–Crippen LogP) is 4.10. The molecule has 3 N–H and O–H groups in total. The minimum Gasteiger partial charge on any atom is -0.385 e. The number of fused-ring (bicyclic) bond motifs is 2. The van der Waals surface area contributed by atoms with Gasteiger partial charge in [0.15, 0.2) is 17.2 Å². The second-order valence-electron chi connectivity index (χ2n) is 12.8. The third kappa shape index (κ3) is 4.68. The highest BCUT2D eigenvalue weighted by Crippen LogP contribution is 2.49. The highest BCUT2D eigenvalue weighted by atomic mass is 19.3. The van der Waals surface area contributed by atoms with Crippen LogP contribution >= 0.6 is 0 Å². The summed E-state index contributed by atoms with van der Waals surface area (Å²) in [5.74, 6) is -5.65. The zero-order valence-corrected chi connectivity index (χ0v) is 25.2. The van der Waals surface area contributed by atoms with Crippen molar-refractivity contribution in [1.82, 2.24) is 35.1 Å². The van der Waals surface area contributed by atoms with Crippen molar-refractivity contribution in [1.29, 1.82) is 0 Å². The molecule has 14 heteroatoms. The van der Waals surface area contributed by atoms with Gasteiger partial charge < -0.3 is 20.9 Å². The van der Waals surface area contributed by atoms with Crippen LogP contribution in [0.25, 0.3) is 16.9 Å². The molecule has 1 amide bonds. The maximum absolute atomic E-state index is 14.6. The zero-order valence-electron chi connectivity index (χ0n) is 25.2. The lowest BCUT2D eigenvalue weighted by Crippen LogP contribution is -2.69.